The highest BCUT2D eigenvalue weighted by Gasteiger charge is 2.37. The maximum atomic E-state index is 4.06. The number of allylic oxidation sites excluding steroid dienone is 6. The van der Waals surface area contributed by atoms with E-state index in [2.05, 4.69) is 116 Å². The third-order valence-electron chi connectivity index (χ3n) is 7.89. The monoisotopic (exact) mass is 494 g/mol. The maximum absolute atomic E-state index is 4.06. The van der Waals surface area contributed by atoms with Crippen LogP contribution in [0.2, 0.25) is 0 Å². The standard InChI is InChI=1S/C35H44.C2H6/c1-10-29(30(11-2)19-17-28-15-12-25(3)13-16-28)18-14-26(4)22-31-24-33-32(23-27(31)5)34(6,7)20-21-35(33,8)9;1-2/h10,12-16,18,23-24H,1-2,17,19-22H2,3-9H3;1-2H3/b26-14+,29-18+;. The number of fused-ring (bicyclic) bond motifs is 1. The van der Waals surface area contributed by atoms with Gasteiger partial charge in [0.15, 0.2) is 0 Å². The molecule has 0 heteroatoms. The van der Waals surface area contributed by atoms with E-state index in [1.807, 2.05) is 19.9 Å². The van der Waals surface area contributed by atoms with Gasteiger partial charge in [0.25, 0.3) is 0 Å². The molecule has 0 fully saturated rings. The molecule has 0 atom stereocenters. The normalized spacial score (nSPS) is 16.1. The molecule has 2 aromatic carbocycles. The van der Waals surface area contributed by atoms with E-state index >= 15 is 0 Å². The lowest BCUT2D eigenvalue weighted by atomic mass is 9.62. The lowest BCUT2D eigenvalue weighted by Crippen LogP contribution is -2.34. The van der Waals surface area contributed by atoms with Crippen molar-refractivity contribution in [1.82, 2.24) is 0 Å². The highest BCUT2D eigenvalue weighted by molar-refractivity contribution is 5.48. The summed E-state index contributed by atoms with van der Waals surface area (Å²) in [6.07, 6.45) is 11.7. The van der Waals surface area contributed by atoms with Gasteiger partial charge in [0.2, 0.25) is 0 Å². The van der Waals surface area contributed by atoms with E-state index < -0.39 is 0 Å². The molecule has 2 aromatic rings. The number of hydrogen-bond acceptors (Lipinski definition) is 0. The quantitative estimate of drug-likeness (QED) is 0.253. The maximum Gasteiger partial charge on any atom is 0.000889 e. The minimum atomic E-state index is 0.238. The molecule has 3 rings (SSSR count). The van der Waals surface area contributed by atoms with Gasteiger partial charge in [-0.25, -0.2) is 0 Å². The highest BCUT2D eigenvalue weighted by Crippen LogP contribution is 2.46. The van der Waals surface area contributed by atoms with Crippen LogP contribution in [0, 0.1) is 13.8 Å². The van der Waals surface area contributed by atoms with E-state index in [-0.39, 0.29) is 10.8 Å². The van der Waals surface area contributed by atoms with Crippen molar-refractivity contribution in [3.63, 3.8) is 0 Å². The van der Waals surface area contributed by atoms with Crippen molar-refractivity contribution < 1.29 is 0 Å². The molecule has 0 saturated heterocycles. The molecule has 0 unspecified atom stereocenters. The fourth-order valence-electron chi connectivity index (χ4n) is 5.20. The minimum Gasteiger partial charge on any atom is -0.125 e. The summed E-state index contributed by atoms with van der Waals surface area (Å²) in [6, 6.07) is 13.7. The van der Waals surface area contributed by atoms with Crippen LogP contribution in [0.4, 0.5) is 0 Å². The predicted octanol–water partition coefficient (Wildman–Crippen LogP) is 10.6. The van der Waals surface area contributed by atoms with E-state index in [1.165, 1.54) is 46.2 Å². The molecule has 0 aromatic heterocycles. The Kier molecular flexibility index (Phi) is 10.8. The molecule has 1 aliphatic rings. The van der Waals surface area contributed by atoms with E-state index in [4.69, 9.17) is 0 Å². The van der Waals surface area contributed by atoms with Crippen molar-refractivity contribution in [3.05, 3.63) is 124 Å². The summed E-state index contributed by atoms with van der Waals surface area (Å²) >= 11 is 0. The molecule has 0 N–H and O–H groups in total. The van der Waals surface area contributed by atoms with Crippen molar-refractivity contribution in [1.29, 1.82) is 0 Å². The molecule has 198 valence electrons. The Balaban J connectivity index is 0.00000235. The smallest absolute Gasteiger partial charge is 0.000889 e. The Labute approximate surface area is 228 Å². The number of aryl methyl sites for hydroxylation is 3. The van der Waals surface area contributed by atoms with E-state index in [0.29, 0.717) is 0 Å². The Morgan fingerprint density at radius 1 is 0.919 bits per heavy atom. The molecule has 0 bridgehead atoms. The summed E-state index contributed by atoms with van der Waals surface area (Å²) in [5, 5.41) is 0. The molecular formula is C37H50. The van der Waals surface area contributed by atoms with Gasteiger partial charge < -0.3 is 0 Å². The van der Waals surface area contributed by atoms with Gasteiger partial charge in [0, 0.05) is 5.57 Å². The number of benzene rings is 2. The molecule has 0 saturated carbocycles. The zero-order valence-electron chi connectivity index (χ0n) is 25.1. The van der Waals surface area contributed by atoms with Crippen LogP contribution in [0.15, 0.2) is 90.2 Å². The third-order valence-corrected chi connectivity index (χ3v) is 7.89. The summed E-state index contributed by atoms with van der Waals surface area (Å²) < 4.78 is 0. The van der Waals surface area contributed by atoms with Crippen LogP contribution in [0.3, 0.4) is 0 Å². The summed E-state index contributed by atoms with van der Waals surface area (Å²) in [5.41, 5.74) is 15.8. The van der Waals surface area contributed by atoms with Gasteiger partial charge in [0.1, 0.15) is 0 Å². The predicted molar refractivity (Wildman–Crippen MR) is 166 cm³/mol. The van der Waals surface area contributed by atoms with Crippen LogP contribution in [-0.2, 0) is 23.7 Å². The molecule has 0 nitrogen and oxygen atoms in total. The second kappa shape index (κ2) is 13.1. The second-order valence-electron chi connectivity index (χ2n) is 11.7. The van der Waals surface area contributed by atoms with Gasteiger partial charge in [-0.15, -0.1) is 5.73 Å². The van der Waals surface area contributed by atoms with Crippen LogP contribution in [0.25, 0.3) is 0 Å². The first kappa shape index (κ1) is 30.4. The van der Waals surface area contributed by atoms with E-state index in [0.717, 1.165) is 30.4 Å². The van der Waals surface area contributed by atoms with Crippen molar-refractivity contribution in [2.45, 2.75) is 105 Å². The SMILES string of the molecule is C=C=C(CCc1ccc(C)cc1)/C(C=C)=C/C=C(\C)Cc1cc2c(cc1C)C(C)(C)CCC2(C)C.CC. The van der Waals surface area contributed by atoms with Crippen LogP contribution in [-0.4, -0.2) is 0 Å². The van der Waals surface area contributed by atoms with Gasteiger partial charge >= 0.3 is 0 Å². The van der Waals surface area contributed by atoms with Crippen LogP contribution >= 0.6 is 0 Å². The van der Waals surface area contributed by atoms with Gasteiger partial charge in [-0.3, -0.25) is 0 Å². The first-order chi connectivity index (χ1) is 17.5. The minimum absolute atomic E-state index is 0.238. The molecule has 1 aliphatic carbocycles. The van der Waals surface area contributed by atoms with Crippen molar-refractivity contribution in [2.24, 2.45) is 0 Å². The van der Waals surface area contributed by atoms with Gasteiger partial charge in [0.05, 0.1) is 0 Å². The molecule has 0 heterocycles. The highest BCUT2D eigenvalue weighted by atomic mass is 14.4. The topological polar surface area (TPSA) is 0 Å². The van der Waals surface area contributed by atoms with Crippen LogP contribution in [0.5, 0.6) is 0 Å². The van der Waals surface area contributed by atoms with E-state index in [9.17, 15) is 0 Å². The van der Waals surface area contributed by atoms with Gasteiger partial charge in [-0.05, 0) is 97.1 Å². The average Bonchev–Trinajstić information content (AvgIpc) is 2.87. The fraction of sp³-hybridized carbons (Fsp3) is 0.432. The molecule has 0 spiro atoms. The first-order valence-electron chi connectivity index (χ1n) is 14.1. The Hall–Kier alpha value is -2.82. The first-order valence-corrected chi connectivity index (χ1v) is 14.1. The Morgan fingerprint density at radius 2 is 1.49 bits per heavy atom. The third kappa shape index (κ3) is 7.83. The molecule has 37 heavy (non-hydrogen) atoms. The number of hydrogen-bond donors (Lipinski definition) is 0. The summed E-state index contributed by atoms with van der Waals surface area (Å²) in [4.78, 5) is 0. The Morgan fingerprint density at radius 3 is 2.03 bits per heavy atom. The zero-order chi connectivity index (χ0) is 27.8. The molecule has 0 aliphatic heterocycles. The van der Waals surface area contributed by atoms with Crippen molar-refractivity contribution >= 4 is 0 Å². The fourth-order valence-corrected chi connectivity index (χ4v) is 5.20. The van der Waals surface area contributed by atoms with Crippen molar-refractivity contribution in [3.8, 4) is 0 Å². The van der Waals surface area contributed by atoms with E-state index in [1.54, 1.807) is 5.56 Å². The van der Waals surface area contributed by atoms with Gasteiger partial charge in [-0.1, -0.05) is 120 Å². The second-order valence-corrected chi connectivity index (χ2v) is 11.7. The van der Waals surface area contributed by atoms with Crippen LogP contribution in [0.1, 0.15) is 101 Å². The van der Waals surface area contributed by atoms with Crippen LogP contribution < -0.4 is 0 Å². The molecule has 0 radical (unpaired) electrons. The average molecular weight is 495 g/mol. The summed E-state index contributed by atoms with van der Waals surface area (Å²) in [7, 11) is 0. The summed E-state index contributed by atoms with van der Waals surface area (Å²) in [6.45, 7) is 28.3. The molecule has 0 amide bonds. The largest absolute Gasteiger partial charge is 0.125 e. The van der Waals surface area contributed by atoms with Crippen molar-refractivity contribution in [2.75, 3.05) is 0 Å². The summed E-state index contributed by atoms with van der Waals surface area (Å²) in [5.74, 6) is 0. The van der Waals surface area contributed by atoms with Gasteiger partial charge in [-0.2, -0.15) is 0 Å². The lowest BCUT2D eigenvalue weighted by Gasteiger charge is -2.42. The Bertz CT molecular complexity index is 1190. The molecular weight excluding hydrogens is 444 g/mol. The lowest BCUT2D eigenvalue weighted by molar-refractivity contribution is 0.331. The number of rotatable bonds is 8. The zero-order valence-corrected chi connectivity index (χ0v) is 25.1.